The van der Waals surface area contributed by atoms with Crippen LogP contribution in [0.5, 0.6) is 0 Å². The van der Waals surface area contributed by atoms with Crippen LogP contribution in [0.2, 0.25) is 0 Å². The Balaban J connectivity index is 2.42. The Labute approximate surface area is 73.9 Å². The second kappa shape index (κ2) is 4.75. The molecule has 2 heteroatoms. The molecule has 12 heavy (non-hydrogen) atoms. The third-order valence-electron chi connectivity index (χ3n) is 2.08. The fourth-order valence-electron chi connectivity index (χ4n) is 1.28. The Kier molecular flexibility index (Phi) is 3.58. The van der Waals surface area contributed by atoms with Gasteiger partial charge in [-0.2, -0.15) is 5.10 Å². The number of rotatable bonds is 5. The van der Waals surface area contributed by atoms with Gasteiger partial charge >= 0.3 is 0 Å². The zero-order chi connectivity index (χ0) is 8.81. The maximum Gasteiger partial charge on any atom is 0.0489 e. The smallest absolute Gasteiger partial charge is 0.0489 e. The zero-order valence-electron chi connectivity index (χ0n) is 7.61. The van der Waals surface area contributed by atoms with Gasteiger partial charge < -0.3 is 0 Å². The van der Waals surface area contributed by atoms with Crippen molar-refractivity contribution in [1.29, 1.82) is 0 Å². The largest absolute Gasteiger partial charge is 0.272 e. The number of aromatic nitrogens is 2. The third-order valence-corrected chi connectivity index (χ3v) is 2.08. The van der Waals surface area contributed by atoms with Crippen LogP contribution in [0.1, 0.15) is 19.8 Å². The van der Waals surface area contributed by atoms with Crippen molar-refractivity contribution in [3.05, 3.63) is 31.1 Å². The van der Waals surface area contributed by atoms with Gasteiger partial charge in [0.05, 0.1) is 0 Å². The summed E-state index contributed by atoms with van der Waals surface area (Å²) in [5, 5.41) is 4.17. The van der Waals surface area contributed by atoms with Gasteiger partial charge in [-0.25, -0.2) is 0 Å². The first-order valence-corrected chi connectivity index (χ1v) is 4.45. The Morgan fingerprint density at radius 1 is 1.67 bits per heavy atom. The number of hydrogen-bond donors (Lipinski definition) is 0. The van der Waals surface area contributed by atoms with Crippen LogP contribution in [0.3, 0.4) is 0 Å². The highest BCUT2D eigenvalue weighted by Crippen LogP contribution is 2.10. The molecule has 0 saturated carbocycles. The van der Waals surface area contributed by atoms with Crippen molar-refractivity contribution in [2.24, 2.45) is 5.92 Å². The molecular weight excluding hydrogens is 148 g/mol. The van der Waals surface area contributed by atoms with E-state index in [2.05, 4.69) is 18.6 Å². The van der Waals surface area contributed by atoms with Gasteiger partial charge in [-0.1, -0.05) is 19.4 Å². The van der Waals surface area contributed by atoms with Gasteiger partial charge in [-0.3, -0.25) is 4.68 Å². The zero-order valence-corrected chi connectivity index (χ0v) is 7.61. The summed E-state index contributed by atoms with van der Waals surface area (Å²) < 4.78 is 1.98. The van der Waals surface area contributed by atoms with E-state index in [9.17, 15) is 0 Å². The predicted octanol–water partition coefficient (Wildman–Crippen LogP) is 2.49. The Morgan fingerprint density at radius 3 is 3.00 bits per heavy atom. The van der Waals surface area contributed by atoms with Crippen molar-refractivity contribution < 1.29 is 0 Å². The van der Waals surface area contributed by atoms with E-state index in [1.165, 1.54) is 6.42 Å². The summed E-state index contributed by atoms with van der Waals surface area (Å²) >= 11 is 0. The van der Waals surface area contributed by atoms with E-state index in [1.54, 1.807) is 0 Å². The lowest BCUT2D eigenvalue weighted by Gasteiger charge is -2.11. The van der Waals surface area contributed by atoms with Crippen LogP contribution in [0.4, 0.5) is 0 Å². The lowest BCUT2D eigenvalue weighted by molar-refractivity contribution is 0.410. The molecule has 0 bridgehead atoms. The average molecular weight is 164 g/mol. The number of allylic oxidation sites excluding steroid dienone is 1. The van der Waals surface area contributed by atoms with Crippen LogP contribution < -0.4 is 0 Å². The summed E-state index contributed by atoms with van der Waals surface area (Å²) in [4.78, 5) is 0. The number of nitrogens with zero attached hydrogens (tertiary/aromatic N) is 2. The van der Waals surface area contributed by atoms with Gasteiger partial charge in [0, 0.05) is 18.9 Å². The van der Waals surface area contributed by atoms with E-state index < -0.39 is 0 Å². The first-order valence-electron chi connectivity index (χ1n) is 4.45. The minimum atomic E-state index is 0.683. The van der Waals surface area contributed by atoms with E-state index >= 15 is 0 Å². The first-order chi connectivity index (χ1) is 5.86. The molecule has 0 saturated heterocycles. The van der Waals surface area contributed by atoms with Crippen molar-refractivity contribution in [2.45, 2.75) is 26.3 Å². The number of hydrogen-bond acceptors (Lipinski definition) is 1. The highest BCUT2D eigenvalue weighted by atomic mass is 15.3. The first kappa shape index (κ1) is 9.04. The highest BCUT2D eigenvalue weighted by molar-refractivity contribution is 4.80. The average Bonchev–Trinajstić information content (AvgIpc) is 2.56. The van der Waals surface area contributed by atoms with Gasteiger partial charge in [0.25, 0.3) is 0 Å². The molecule has 0 aliphatic heterocycles. The molecule has 66 valence electrons. The Morgan fingerprint density at radius 2 is 2.50 bits per heavy atom. The van der Waals surface area contributed by atoms with E-state index in [1.807, 2.05) is 29.2 Å². The summed E-state index contributed by atoms with van der Waals surface area (Å²) in [5.41, 5.74) is 0. The van der Waals surface area contributed by atoms with Gasteiger partial charge in [0.1, 0.15) is 0 Å². The summed E-state index contributed by atoms with van der Waals surface area (Å²) in [6.45, 7) is 6.96. The van der Waals surface area contributed by atoms with Gasteiger partial charge in [0.15, 0.2) is 0 Å². The quantitative estimate of drug-likeness (QED) is 0.611. The molecule has 1 unspecified atom stereocenters. The summed E-state index contributed by atoms with van der Waals surface area (Å²) in [6, 6.07) is 1.96. The third kappa shape index (κ3) is 2.53. The Hall–Kier alpha value is -1.05. The topological polar surface area (TPSA) is 17.8 Å². The minimum absolute atomic E-state index is 0.683. The monoisotopic (exact) mass is 164 g/mol. The molecular formula is C10H16N2. The van der Waals surface area contributed by atoms with E-state index in [0.717, 1.165) is 13.0 Å². The van der Waals surface area contributed by atoms with Crippen LogP contribution in [-0.4, -0.2) is 9.78 Å². The Bertz CT molecular complexity index is 214. The summed E-state index contributed by atoms with van der Waals surface area (Å²) in [6.07, 6.45) is 8.08. The molecule has 0 aromatic carbocycles. The van der Waals surface area contributed by atoms with Gasteiger partial charge in [0.2, 0.25) is 0 Å². The SMILES string of the molecule is C=CCC(CC)Cn1cccn1. The van der Waals surface area contributed by atoms with Crippen LogP contribution in [-0.2, 0) is 6.54 Å². The molecule has 0 fully saturated rings. The molecule has 1 heterocycles. The van der Waals surface area contributed by atoms with Crippen molar-refractivity contribution in [3.8, 4) is 0 Å². The lowest BCUT2D eigenvalue weighted by atomic mass is 10.0. The molecule has 0 aliphatic carbocycles. The van der Waals surface area contributed by atoms with Crippen molar-refractivity contribution in [2.75, 3.05) is 0 Å². The van der Waals surface area contributed by atoms with E-state index in [4.69, 9.17) is 0 Å². The molecule has 0 radical (unpaired) electrons. The van der Waals surface area contributed by atoms with Gasteiger partial charge in [-0.05, 0) is 18.4 Å². The fraction of sp³-hybridized carbons (Fsp3) is 0.500. The molecule has 1 rings (SSSR count). The maximum absolute atomic E-state index is 4.17. The summed E-state index contributed by atoms with van der Waals surface area (Å²) in [5.74, 6) is 0.683. The molecule has 1 aromatic rings. The lowest BCUT2D eigenvalue weighted by Crippen LogP contribution is -2.09. The normalized spacial score (nSPS) is 12.8. The predicted molar refractivity (Wildman–Crippen MR) is 50.8 cm³/mol. The van der Waals surface area contributed by atoms with Gasteiger partial charge in [-0.15, -0.1) is 6.58 Å². The molecule has 0 aliphatic rings. The van der Waals surface area contributed by atoms with Crippen LogP contribution in [0.15, 0.2) is 31.1 Å². The standard InChI is InChI=1S/C10H16N2/c1-3-6-10(4-2)9-12-8-5-7-11-12/h3,5,7-8,10H,1,4,6,9H2,2H3. The molecule has 2 nitrogen and oxygen atoms in total. The summed E-state index contributed by atoms with van der Waals surface area (Å²) in [7, 11) is 0. The van der Waals surface area contributed by atoms with E-state index in [-0.39, 0.29) is 0 Å². The second-order valence-electron chi connectivity index (χ2n) is 3.03. The molecule has 1 aromatic heterocycles. The molecule has 0 N–H and O–H groups in total. The van der Waals surface area contributed by atoms with Crippen LogP contribution >= 0.6 is 0 Å². The molecule has 1 atom stereocenters. The van der Waals surface area contributed by atoms with Crippen molar-refractivity contribution >= 4 is 0 Å². The fourth-order valence-corrected chi connectivity index (χ4v) is 1.28. The van der Waals surface area contributed by atoms with Crippen LogP contribution in [0.25, 0.3) is 0 Å². The van der Waals surface area contributed by atoms with Crippen molar-refractivity contribution in [1.82, 2.24) is 9.78 Å². The highest BCUT2D eigenvalue weighted by Gasteiger charge is 2.04. The molecule has 0 spiro atoms. The minimum Gasteiger partial charge on any atom is -0.272 e. The molecule has 0 amide bonds. The van der Waals surface area contributed by atoms with Crippen LogP contribution in [0, 0.1) is 5.92 Å². The second-order valence-corrected chi connectivity index (χ2v) is 3.03. The van der Waals surface area contributed by atoms with Crippen molar-refractivity contribution in [3.63, 3.8) is 0 Å². The maximum atomic E-state index is 4.17. The van der Waals surface area contributed by atoms with E-state index in [0.29, 0.717) is 5.92 Å².